The molecule has 5 rings (SSSR count). The van der Waals surface area contributed by atoms with Gasteiger partial charge in [0.1, 0.15) is 24.5 Å². The third kappa shape index (κ3) is 7.18. The lowest BCUT2D eigenvalue weighted by molar-refractivity contribution is -0.122. The highest BCUT2D eigenvalue weighted by molar-refractivity contribution is 14.1. The number of nitrogens with zero attached hydrogens (tertiary/aromatic N) is 1. The Kier molecular flexibility index (Phi) is 9.63. The Labute approximate surface area is 267 Å². The number of hydrogen-bond acceptors (Lipinski definition) is 6. The van der Waals surface area contributed by atoms with Gasteiger partial charge in [-0.2, -0.15) is 0 Å². The van der Waals surface area contributed by atoms with Crippen LogP contribution in [0.25, 0.3) is 6.08 Å². The molecule has 1 fully saturated rings. The first-order chi connectivity index (χ1) is 20.8. The first kappa shape index (κ1) is 30.1. The number of imide groups is 2. The molecule has 4 amide bonds. The summed E-state index contributed by atoms with van der Waals surface area (Å²) < 4.78 is 18.4. The average Bonchev–Trinajstić information content (AvgIpc) is 3.00. The predicted octanol–water partition coefficient (Wildman–Crippen LogP) is 7.17. The van der Waals surface area contributed by atoms with Crippen LogP contribution in [0.1, 0.15) is 23.6 Å². The van der Waals surface area contributed by atoms with Gasteiger partial charge in [-0.05, 0) is 89.2 Å². The molecule has 1 heterocycles. The minimum atomic E-state index is -0.835. The Bertz CT molecular complexity index is 1690. The number of nitrogens with one attached hydrogen (secondary N) is 1. The van der Waals surface area contributed by atoms with Gasteiger partial charge in [0.2, 0.25) is 0 Å². The number of urea groups is 1. The van der Waals surface area contributed by atoms with Crippen molar-refractivity contribution in [1.29, 1.82) is 0 Å². The highest BCUT2D eigenvalue weighted by atomic mass is 127. The standard InChI is InChI=1S/C33H26ClIN2O6/c1-2-41-29-18-22(17-28(35)30(29)43-20-23-10-6-7-11-27(23)34)16-26-31(38)36-33(40)37(32(26)39)24-12-14-25(15-13-24)42-19-21-8-4-3-5-9-21/h3-18H,2,19-20H2,1H3,(H,36,38,40)/b26-16+. The molecule has 0 aliphatic carbocycles. The molecule has 1 saturated heterocycles. The third-order valence-electron chi connectivity index (χ3n) is 6.42. The molecule has 218 valence electrons. The molecule has 0 bridgehead atoms. The van der Waals surface area contributed by atoms with E-state index in [9.17, 15) is 14.4 Å². The number of barbiturate groups is 1. The number of anilines is 1. The molecule has 1 N–H and O–H groups in total. The number of rotatable bonds is 10. The van der Waals surface area contributed by atoms with Crippen LogP contribution in [0.4, 0.5) is 10.5 Å². The van der Waals surface area contributed by atoms with Gasteiger partial charge in [-0.3, -0.25) is 14.9 Å². The van der Waals surface area contributed by atoms with E-state index in [0.717, 1.165) is 16.0 Å². The van der Waals surface area contributed by atoms with E-state index in [2.05, 4.69) is 27.9 Å². The van der Waals surface area contributed by atoms with Crippen LogP contribution in [-0.2, 0) is 22.8 Å². The highest BCUT2D eigenvalue weighted by Crippen LogP contribution is 2.36. The largest absolute Gasteiger partial charge is 0.490 e. The summed E-state index contributed by atoms with van der Waals surface area (Å²) >= 11 is 8.39. The normalized spacial score (nSPS) is 14.1. The number of amides is 4. The SMILES string of the molecule is CCOc1cc(/C=C2\C(=O)NC(=O)N(c3ccc(OCc4ccccc4)cc3)C2=O)cc(I)c1OCc1ccccc1Cl. The van der Waals surface area contributed by atoms with E-state index in [1.54, 1.807) is 42.5 Å². The van der Waals surface area contributed by atoms with E-state index >= 15 is 0 Å². The Morgan fingerprint density at radius 2 is 1.58 bits per heavy atom. The van der Waals surface area contributed by atoms with E-state index in [1.165, 1.54) is 6.08 Å². The fraction of sp³-hybridized carbons (Fsp3) is 0.121. The van der Waals surface area contributed by atoms with Crippen LogP contribution < -0.4 is 24.4 Å². The topological polar surface area (TPSA) is 94.2 Å². The van der Waals surface area contributed by atoms with E-state index in [-0.39, 0.29) is 12.2 Å². The minimum absolute atomic E-state index is 0.202. The van der Waals surface area contributed by atoms with Crippen LogP contribution >= 0.6 is 34.2 Å². The number of carbonyl (C=O) groups is 3. The Balaban J connectivity index is 1.37. The van der Waals surface area contributed by atoms with Gasteiger partial charge in [0.25, 0.3) is 11.8 Å². The van der Waals surface area contributed by atoms with Gasteiger partial charge >= 0.3 is 6.03 Å². The summed E-state index contributed by atoms with van der Waals surface area (Å²) in [5.74, 6) is -0.0229. The Morgan fingerprint density at radius 1 is 0.860 bits per heavy atom. The first-order valence-electron chi connectivity index (χ1n) is 13.3. The van der Waals surface area contributed by atoms with E-state index in [4.69, 9.17) is 25.8 Å². The van der Waals surface area contributed by atoms with Crippen LogP contribution in [0.2, 0.25) is 5.02 Å². The van der Waals surface area contributed by atoms with Crippen molar-refractivity contribution in [3.05, 3.63) is 122 Å². The zero-order valence-electron chi connectivity index (χ0n) is 23.0. The third-order valence-corrected chi connectivity index (χ3v) is 7.59. The van der Waals surface area contributed by atoms with Crippen molar-refractivity contribution in [3.8, 4) is 17.2 Å². The maximum absolute atomic E-state index is 13.5. The molecule has 0 aromatic heterocycles. The monoisotopic (exact) mass is 708 g/mol. The molecule has 1 aliphatic heterocycles. The van der Waals surface area contributed by atoms with Crippen molar-refractivity contribution >= 4 is 63.8 Å². The highest BCUT2D eigenvalue weighted by Gasteiger charge is 2.37. The number of hydrogen-bond donors (Lipinski definition) is 1. The van der Waals surface area contributed by atoms with Crippen LogP contribution in [-0.4, -0.2) is 24.5 Å². The van der Waals surface area contributed by atoms with E-state index in [0.29, 0.717) is 50.3 Å². The first-order valence-corrected chi connectivity index (χ1v) is 14.8. The molecule has 0 atom stereocenters. The van der Waals surface area contributed by atoms with Crippen molar-refractivity contribution in [2.45, 2.75) is 20.1 Å². The molecule has 0 radical (unpaired) electrons. The van der Waals surface area contributed by atoms with Crippen molar-refractivity contribution in [1.82, 2.24) is 5.32 Å². The second kappa shape index (κ2) is 13.7. The molecule has 1 aliphatic rings. The number of carbonyl (C=O) groups excluding carboxylic acids is 3. The molecular formula is C33H26ClIN2O6. The molecule has 43 heavy (non-hydrogen) atoms. The van der Waals surface area contributed by atoms with Gasteiger partial charge in [0.15, 0.2) is 11.5 Å². The van der Waals surface area contributed by atoms with Gasteiger partial charge in [0.05, 0.1) is 15.9 Å². The molecule has 0 spiro atoms. The van der Waals surface area contributed by atoms with Crippen molar-refractivity contribution in [3.63, 3.8) is 0 Å². The lowest BCUT2D eigenvalue weighted by Gasteiger charge is -2.26. The predicted molar refractivity (Wildman–Crippen MR) is 172 cm³/mol. The molecule has 4 aromatic rings. The van der Waals surface area contributed by atoms with Gasteiger partial charge in [-0.25, -0.2) is 9.69 Å². The minimum Gasteiger partial charge on any atom is -0.490 e. The second-order valence-electron chi connectivity index (χ2n) is 9.37. The summed E-state index contributed by atoms with van der Waals surface area (Å²) in [6.07, 6.45) is 1.43. The van der Waals surface area contributed by atoms with E-state index < -0.39 is 17.8 Å². The summed E-state index contributed by atoms with van der Waals surface area (Å²) in [6, 6.07) is 26.2. The smallest absolute Gasteiger partial charge is 0.335 e. The second-order valence-corrected chi connectivity index (χ2v) is 10.9. The molecule has 0 unspecified atom stereocenters. The fourth-order valence-corrected chi connectivity index (χ4v) is 5.30. The van der Waals surface area contributed by atoms with Gasteiger partial charge in [-0.15, -0.1) is 0 Å². The maximum atomic E-state index is 13.5. The van der Waals surface area contributed by atoms with Crippen molar-refractivity contribution in [2.24, 2.45) is 0 Å². The molecular weight excluding hydrogens is 683 g/mol. The van der Waals surface area contributed by atoms with Crippen LogP contribution in [0.3, 0.4) is 0 Å². The van der Waals surface area contributed by atoms with Crippen molar-refractivity contribution in [2.75, 3.05) is 11.5 Å². The quantitative estimate of drug-likeness (QED) is 0.107. The van der Waals surface area contributed by atoms with Crippen LogP contribution in [0.5, 0.6) is 17.2 Å². The van der Waals surface area contributed by atoms with Gasteiger partial charge < -0.3 is 14.2 Å². The van der Waals surface area contributed by atoms with E-state index in [1.807, 2.05) is 55.5 Å². The summed E-state index contributed by atoms with van der Waals surface area (Å²) in [6.45, 7) is 2.81. The zero-order valence-corrected chi connectivity index (χ0v) is 25.9. The van der Waals surface area contributed by atoms with Crippen molar-refractivity contribution < 1.29 is 28.6 Å². The van der Waals surface area contributed by atoms with Crippen LogP contribution in [0, 0.1) is 3.57 Å². The summed E-state index contributed by atoms with van der Waals surface area (Å²) in [4.78, 5) is 39.9. The molecule has 0 saturated carbocycles. The molecule has 10 heteroatoms. The zero-order chi connectivity index (χ0) is 30.3. The number of ether oxygens (including phenoxy) is 3. The number of halogens is 2. The lowest BCUT2D eigenvalue weighted by Crippen LogP contribution is -2.54. The summed E-state index contributed by atoms with van der Waals surface area (Å²) in [7, 11) is 0. The van der Waals surface area contributed by atoms with Gasteiger partial charge in [-0.1, -0.05) is 60.1 Å². The number of benzene rings is 4. The van der Waals surface area contributed by atoms with Crippen LogP contribution in [0.15, 0.2) is 96.6 Å². The molecule has 8 nitrogen and oxygen atoms in total. The summed E-state index contributed by atoms with van der Waals surface area (Å²) in [5.41, 5.74) is 2.44. The lowest BCUT2D eigenvalue weighted by atomic mass is 10.1. The van der Waals surface area contributed by atoms with Gasteiger partial charge in [0, 0.05) is 10.6 Å². The summed E-state index contributed by atoms with van der Waals surface area (Å²) in [5, 5.41) is 2.85. The molecule has 4 aromatic carbocycles. The Morgan fingerprint density at radius 3 is 2.30 bits per heavy atom. The maximum Gasteiger partial charge on any atom is 0.335 e. The Hall–Kier alpha value is -4.35. The average molecular weight is 709 g/mol. The fourth-order valence-electron chi connectivity index (χ4n) is 4.33.